The van der Waals surface area contributed by atoms with Crippen LogP contribution in [0.25, 0.3) is 0 Å². The smallest absolute Gasteiger partial charge is 0.0465 e. The number of anilines is 1. The predicted molar refractivity (Wildman–Crippen MR) is 61.6 cm³/mol. The van der Waals surface area contributed by atoms with Crippen LogP contribution in [0.2, 0.25) is 0 Å². The molecule has 1 aromatic rings. The van der Waals surface area contributed by atoms with Gasteiger partial charge in [0.25, 0.3) is 0 Å². The van der Waals surface area contributed by atoms with E-state index in [1.165, 1.54) is 29.7 Å². The Hall–Kier alpha value is -1.24. The van der Waals surface area contributed by atoms with E-state index in [4.69, 9.17) is 0 Å². The van der Waals surface area contributed by atoms with Gasteiger partial charge in [-0.1, -0.05) is 24.3 Å². The molecule has 0 amide bonds. The van der Waals surface area contributed by atoms with Crippen LogP contribution in [-0.2, 0) is 0 Å². The highest BCUT2D eigenvalue weighted by atomic mass is 15.1. The molecular weight excluding hydrogens is 170 g/mol. The molecule has 0 aromatic heterocycles. The number of rotatable bonds is 1. The molecule has 1 aliphatic heterocycles. The second kappa shape index (κ2) is 3.87. The Labute approximate surface area is 86.1 Å². The van der Waals surface area contributed by atoms with E-state index in [9.17, 15) is 0 Å². The SMILES string of the molecule is Cc1cccc(C)c1N1C=CCCC1. The minimum atomic E-state index is 1.15. The second-order valence-electron chi connectivity index (χ2n) is 3.96. The first-order valence-corrected chi connectivity index (χ1v) is 5.28. The minimum Gasteiger partial charge on any atom is -0.348 e. The number of para-hydroxylation sites is 1. The third-order valence-corrected chi connectivity index (χ3v) is 2.78. The topological polar surface area (TPSA) is 3.24 Å². The van der Waals surface area contributed by atoms with Gasteiger partial charge in [0.2, 0.25) is 0 Å². The predicted octanol–water partition coefficient (Wildman–Crippen LogP) is 3.42. The van der Waals surface area contributed by atoms with Crippen LogP contribution < -0.4 is 4.90 Å². The molecule has 0 unspecified atom stereocenters. The summed E-state index contributed by atoms with van der Waals surface area (Å²) < 4.78 is 0. The van der Waals surface area contributed by atoms with E-state index in [-0.39, 0.29) is 0 Å². The van der Waals surface area contributed by atoms with Crippen LogP contribution in [0.3, 0.4) is 0 Å². The third-order valence-electron chi connectivity index (χ3n) is 2.78. The lowest BCUT2D eigenvalue weighted by atomic mass is 10.1. The Morgan fingerprint density at radius 1 is 1.14 bits per heavy atom. The van der Waals surface area contributed by atoms with E-state index >= 15 is 0 Å². The van der Waals surface area contributed by atoms with Gasteiger partial charge in [-0.25, -0.2) is 0 Å². The van der Waals surface area contributed by atoms with Crippen LogP contribution in [0, 0.1) is 13.8 Å². The summed E-state index contributed by atoms with van der Waals surface area (Å²) in [5.74, 6) is 0. The molecule has 0 spiro atoms. The van der Waals surface area contributed by atoms with E-state index in [0.717, 1.165) is 6.54 Å². The summed E-state index contributed by atoms with van der Waals surface area (Å²) in [6.45, 7) is 5.53. The molecule has 0 fully saturated rings. The van der Waals surface area contributed by atoms with Crippen molar-refractivity contribution in [2.45, 2.75) is 26.7 Å². The average molecular weight is 187 g/mol. The van der Waals surface area contributed by atoms with Gasteiger partial charge < -0.3 is 4.90 Å². The van der Waals surface area contributed by atoms with Gasteiger partial charge in [0, 0.05) is 18.4 Å². The van der Waals surface area contributed by atoms with Gasteiger partial charge in [0.1, 0.15) is 0 Å². The molecule has 0 bridgehead atoms. The first-order valence-electron chi connectivity index (χ1n) is 5.28. The van der Waals surface area contributed by atoms with E-state index in [1.54, 1.807) is 0 Å². The van der Waals surface area contributed by atoms with Crippen LogP contribution in [0.5, 0.6) is 0 Å². The van der Waals surface area contributed by atoms with Gasteiger partial charge in [-0.3, -0.25) is 0 Å². The number of benzene rings is 1. The Bertz CT molecular complexity index is 332. The standard InChI is InChI=1S/C13H17N/c1-11-7-6-8-12(2)13(11)14-9-4-3-5-10-14/h4,6-9H,3,5,10H2,1-2H3. The highest BCUT2D eigenvalue weighted by molar-refractivity contribution is 5.60. The largest absolute Gasteiger partial charge is 0.348 e. The normalized spacial score (nSPS) is 16.0. The van der Waals surface area contributed by atoms with Gasteiger partial charge in [-0.2, -0.15) is 0 Å². The summed E-state index contributed by atoms with van der Waals surface area (Å²) in [5, 5.41) is 0. The lowest BCUT2D eigenvalue weighted by Crippen LogP contribution is -2.21. The summed E-state index contributed by atoms with van der Waals surface area (Å²) in [7, 11) is 0. The summed E-state index contributed by atoms with van der Waals surface area (Å²) in [5.41, 5.74) is 4.14. The molecule has 1 nitrogen and oxygen atoms in total. The zero-order valence-corrected chi connectivity index (χ0v) is 8.96. The Balaban J connectivity index is 2.39. The Kier molecular flexibility index (Phi) is 2.58. The Morgan fingerprint density at radius 3 is 2.43 bits per heavy atom. The molecule has 0 N–H and O–H groups in total. The van der Waals surface area contributed by atoms with Crippen molar-refractivity contribution in [1.29, 1.82) is 0 Å². The first kappa shape index (κ1) is 9.32. The molecule has 1 heteroatoms. The molecule has 2 rings (SSSR count). The van der Waals surface area contributed by atoms with Gasteiger partial charge in [-0.05, 0) is 37.8 Å². The van der Waals surface area contributed by atoms with Crippen LogP contribution >= 0.6 is 0 Å². The van der Waals surface area contributed by atoms with Crippen molar-refractivity contribution in [2.75, 3.05) is 11.4 Å². The van der Waals surface area contributed by atoms with Crippen molar-refractivity contribution in [1.82, 2.24) is 0 Å². The molecular formula is C13H17N. The molecule has 0 saturated heterocycles. The average Bonchev–Trinajstić information content (AvgIpc) is 2.19. The van der Waals surface area contributed by atoms with Gasteiger partial charge >= 0.3 is 0 Å². The van der Waals surface area contributed by atoms with E-state index < -0.39 is 0 Å². The monoisotopic (exact) mass is 187 g/mol. The molecule has 0 saturated carbocycles. The summed E-state index contributed by atoms with van der Waals surface area (Å²) in [6.07, 6.45) is 6.97. The first-order chi connectivity index (χ1) is 6.79. The second-order valence-corrected chi connectivity index (χ2v) is 3.96. The van der Waals surface area contributed by atoms with Gasteiger partial charge in [-0.15, -0.1) is 0 Å². The lowest BCUT2D eigenvalue weighted by Gasteiger charge is -2.26. The van der Waals surface area contributed by atoms with Crippen LogP contribution in [0.4, 0.5) is 5.69 Å². The molecule has 1 aromatic carbocycles. The fourth-order valence-electron chi connectivity index (χ4n) is 2.10. The van der Waals surface area contributed by atoms with Crippen LogP contribution in [-0.4, -0.2) is 6.54 Å². The Morgan fingerprint density at radius 2 is 1.86 bits per heavy atom. The fourth-order valence-corrected chi connectivity index (χ4v) is 2.10. The highest BCUT2D eigenvalue weighted by Crippen LogP contribution is 2.26. The van der Waals surface area contributed by atoms with Crippen molar-refractivity contribution >= 4 is 5.69 Å². The fraction of sp³-hybridized carbons (Fsp3) is 0.385. The van der Waals surface area contributed by atoms with Crippen molar-refractivity contribution in [3.63, 3.8) is 0 Å². The maximum atomic E-state index is 2.37. The van der Waals surface area contributed by atoms with Gasteiger partial charge in [0.05, 0.1) is 0 Å². The molecule has 1 aliphatic rings. The number of nitrogens with zero attached hydrogens (tertiary/aromatic N) is 1. The minimum absolute atomic E-state index is 1.15. The van der Waals surface area contributed by atoms with E-state index in [0.29, 0.717) is 0 Å². The quantitative estimate of drug-likeness (QED) is 0.651. The zero-order chi connectivity index (χ0) is 9.97. The zero-order valence-electron chi connectivity index (χ0n) is 8.96. The molecule has 14 heavy (non-hydrogen) atoms. The highest BCUT2D eigenvalue weighted by Gasteiger charge is 2.10. The maximum Gasteiger partial charge on any atom is 0.0465 e. The van der Waals surface area contributed by atoms with E-state index in [2.05, 4.69) is 49.2 Å². The number of hydrogen-bond acceptors (Lipinski definition) is 1. The van der Waals surface area contributed by atoms with Crippen molar-refractivity contribution < 1.29 is 0 Å². The number of hydrogen-bond donors (Lipinski definition) is 0. The summed E-state index contributed by atoms with van der Waals surface area (Å²) >= 11 is 0. The third kappa shape index (κ3) is 1.67. The lowest BCUT2D eigenvalue weighted by molar-refractivity contribution is 0.783. The van der Waals surface area contributed by atoms with E-state index in [1.807, 2.05) is 0 Å². The van der Waals surface area contributed by atoms with Crippen LogP contribution in [0.1, 0.15) is 24.0 Å². The molecule has 1 heterocycles. The summed E-state index contributed by atoms with van der Waals surface area (Å²) in [6, 6.07) is 6.50. The molecule has 0 radical (unpaired) electrons. The molecule has 0 atom stereocenters. The molecule has 74 valence electrons. The van der Waals surface area contributed by atoms with Crippen LogP contribution in [0.15, 0.2) is 30.5 Å². The van der Waals surface area contributed by atoms with Crippen molar-refractivity contribution in [3.8, 4) is 0 Å². The maximum absolute atomic E-state index is 2.37. The molecule has 0 aliphatic carbocycles. The number of aryl methyl sites for hydroxylation is 2. The summed E-state index contributed by atoms with van der Waals surface area (Å²) in [4.78, 5) is 2.37. The van der Waals surface area contributed by atoms with Gasteiger partial charge in [0.15, 0.2) is 0 Å². The van der Waals surface area contributed by atoms with Crippen molar-refractivity contribution in [3.05, 3.63) is 41.6 Å². The van der Waals surface area contributed by atoms with Crippen molar-refractivity contribution in [2.24, 2.45) is 0 Å². The number of allylic oxidation sites excluding steroid dienone is 1.